The number of halogens is 3. The molecule has 0 bridgehead atoms. The summed E-state index contributed by atoms with van der Waals surface area (Å²) >= 11 is 0. The van der Waals surface area contributed by atoms with E-state index in [1.165, 1.54) is 28.9 Å². The van der Waals surface area contributed by atoms with Crippen molar-refractivity contribution in [1.82, 2.24) is 20.1 Å². The van der Waals surface area contributed by atoms with Gasteiger partial charge in [0.05, 0.1) is 23.0 Å². The lowest BCUT2D eigenvalue weighted by Crippen LogP contribution is -2.46. The summed E-state index contributed by atoms with van der Waals surface area (Å²) in [4.78, 5) is 17.2. The number of hydrogen-bond donors (Lipinski definition) is 3. The summed E-state index contributed by atoms with van der Waals surface area (Å²) in [5.74, 6) is -0.395. The largest absolute Gasteiger partial charge is 0.435 e. The fourth-order valence-corrected chi connectivity index (χ4v) is 6.60. The second-order valence-electron chi connectivity index (χ2n) is 9.15. The zero-order valence-corrected chi connectivity index (χ0v) is 20.4. The molecule has 1 aliphatic rings. The molecule has 1 atom stereocenters. The van der Waals surface area contributed by atoms with Gasteiger partial charge in [0, 0.05) is 22.3 Å². The molecule has 1 unspecified atom stereocenters. The molecule has 12 heteroatoms. The molecular weight excluding hydrogens is 509 g/mol. The number of nitrogens with one attached hydrogen (secondary N) is 1. The molecule has 1 aliphatic heterocycles. The van der Waals surface area contributed by atoms with Crippen LogP contribution in [-0.2, 0) is 0 Å². The highest BCUT2D eigenvalue weighted by Gasteiger charge is 2.39. The number of alkyl halides is 2. The van der Waals surface area contributed by atoms with Crippen molar-refractivity contribution in [1.29, 1.82) is 0 Å². The number of benzene rings is 2. The predicted molar refractivity (Wildman–Crippen MR) is 134 cm³/mol. The van der Waals surface area contributed by atoms with Gasteiger partial charge >= 0.3 is 6.61 Å². The fourth-order valence-electron chi connectivity index (χ4n) is 4.44. The van der Waals surface area contributed by atoms with E-state index in [1.807, 2.05) is 0 Å². The average Bonchev–Trinajstić information content (AvgIpc) is 3.35. The molecule has 0 aliphatic carbocycles. The maximum Gasteiger partial charge on any atom is 0.387 e. The van der Waals surface area contributed by atoms with Gasteiger partial charge in [-0.05, 0) is 55.8 Å². The maximum atomic E-state index is 13.5. The van der Waals surface area contributed by atoms with Gasteiger partial charge in [0.25, 0.3) is 5.91 Å². The highest BCUT2D eigenvalue weighted by molar-refractivity contribution is 8.24. The quantitative estimate of drug-likeness (QED) is 0.304. The Hall–Kier alpha value is -3.61. The molecule has 1 saturated heterocycles. The molecule has 1 amide bonds. The molecule has 2 aromatic heterocycles. The fraction of sp³-hybridized carbons (Fsp3) is 0.240. The van der Waals surface area contributed by atoms with E-state index in [4.69, 9.17) is 0 Å². The first-order valence-corrected chi connectivity index (χ1v) is 13.2. The topological polar surface area (TPSA) is 110 Å². The Morgan fingerprint density at radius 1 is 1.19 bits per heavy atom. The number of aromatic nitrogens is 3. The number of ether oxygens (including phenoxy) is 1. The predicted octanol–water partition coefficient (Wildman–Crippen LogP) is 5.47. The zero-order valence-electron chi connectivity index (χ0n) is 19.6. The lowest BCUT2D eigenvalue weighted by Gasteiger charge is -2.30. The van der Waals surface area contributed by atoms with Crippen LogP contribution in [0.3, 0.4) is 0 Å². The van der Waals surface area contributed by atoms with Crippen LogP contribution in [0.2, 0.25) is 0 Å². The molecule has 3 N–H and O–H groups in total. The number of fused-ring (bicyclic) bond motifs is 1. The minimum atomic E-state index is -2.99. The first-order chi connectivity index (χ1) is 17.5. The summed E-state index contributed by atoms with van der Waals surface area (Å²) in [6.07, 6.45) is 1.47. The lowest BCUT2D eigenvalue weighted by molar-refractivity contribution is -0.0498. The maximum absolute atomic E-state index is 13.5. The number of rotatable bonds is 6. The van der Waals surface area contributed by atoms with Crippen LogP contribution in [0.1, 0.15) is 23.7 Å². The summed E-state index contributed by atoms with van der Waals surface area (Å²) in [6, 6.07) is 13.6. The smallest absolute Gasteiger partial charge is 0.387 e. The highest BCUT2D eigenvalue weighted by Crippen LogP contribution is 2.50. The molecule has 0 saturated carbocycles. The van der Waals surface area contributed by atoms with Gasteiger partial charge in [-0.3, -0.25) is 13.9 Å². The van der Waals surface area contributed by atoms with Crippen LogP contribution < -0.4 is 10.1 Å². The number of hydrogen-bond acceptors (Lipinski definition) is 6. The molecule has 8 nitrogen and oxygen atoms in total. The molecule has 194 valence electrons. The van der Waals surface area contributed by atoms with Crippen molar-refractivity contribution < 1.29 is 31.8 Å². The Kier molecular flexibility index (Phi) is 6.34. The van der Waals surface area contributed by atoms with Gasteiger partial charge in [0.15, 0.2) is 5.82 Å². The van der Waals surface area contributed by atoms with E-state index in [0.717, 1.165) is 6.20 Å². The van der Waals surface area contributed by atoms with Gasteiger partial charge in [-0.2, -0.15) is 24.5 Å². The minimum absolute atomic E-state index is 0.0399. The molecule has 2 aromatic carbocycles. The summed E-state index contributed by atoms with van der Waals surface area (Å²) in [6.45, 7) is -1.22. The number of nitrogens with zero attached hydrogens (tertiary/aromatic N) is 3. The van der Waals surface area contributed by atoms with Crippen molar-refractivity contribution in [2.45, 2.75) is 25.5 Å². The van der Waals surface area contributed by atoms with Crippen LogP contribution >= 0.6 is 10.6 Å². The minimum Gasteiger partial charge on any atom is -0.435 e. The Balaban J connectivity index is 1.58. The van der Waals surface area contributed by atoms with Gasteiger partial charge in [0.2, 0.25) is 0 Å². The van der Waals surface area contributed by atoms with Crippen molar-refractivity contribution in [3.8, 4) is 22.8 Å². The van der Waals surface area contributed by atoms with Gasteiger partial charge in [-0.15, -0.1) is 0 Å². The monoisotopic (exact) mass is 532 g/mol. The van der Waals surface area contributed by atoms with E-state index in [9.17, 15) is 27.1 Å². The normalized spacial score (nSPS) is 19.8. The second-order valence-corrected chi connectivity index (χ2v) is 11.4. The molecule has 3 heterocycles. The van der Waals surface area contributed by atoms with E-state index in [0.29, 0.717) is 34.1 Å². The molecule has 4 aromatic rings. The molecule has 0 radical (unpaired) electrons. The number of pyridine rings is 1. The zero-order chi connectivity index (χ0) is 26.4. The van der Waals surface area contributed by atoms with Crippen molar-refractivity contribution in [2.24, 2.45) is 0 Å². The lowest BCUT2D eigenvalue weighted by atomic mass is 10.0. The van der Waals surface area contributed by atoms with E-state index in [-0.39, 0.29) is 23.1 Å². The molecule has 0 spiro atoms. The van der Waals surface area contributed by atoms with Crippen molar-refractivity contribution in [2.75, 3.05) is 11.5 Å². The third-order valence-corrected chi connectivity index (χ3v) is 8.11. The van der Waals surface area contributed by atoms with Crippen LogP contribution in [0.4, 0.5) is 13.2 Å². The summed E-state index contributed by atoms with van der Waals surface area (Å²) in [5, 5.41) is 8.11. The third-order valence-electron chi connectivity index (χ3n) is 6.15. The van der Waals surface area contributed by atoms with E-state index < -0.39 is 34.5 Å². The number of amides is 1. The van der Waals surface area contributed by atoms with Crippen LogP contribution in [0, 0.1) is 5.82 Å². The molecule has 1 fully saturated rings. The van der Waals surface area contributed by atoms with Gasteiger partial charge < -0.3 is 10.1 Å². The summed E-state index contributed by atoms with van der Waals surface area (Å²) in [7, 11) is -2.73. The number of carbonyl (C=O) groups excluding carboxylic acids is 1. The van der Waals surface area contributed by atoms with E-state index in [2.05, 4.69) is 20.1 Å². The molecule has 5 rings (SSSR count). The summed E-state index contributed by atoms with van der Waals surface area (Å²) in [5.41, 5.74) is 0.916. The van der Waals surface area contributed by atoms with Crippen molar-refractivity contribution in [3.63, 3.8) is 0 Å². The SMILES string of the molecule is CC1(NC(=O)c2ccc3c(-c4cccc(OC(F)F)c4)nn(-c4ccc(F)cn4)c3c2)CCS(O)(O)C1. The second kappa shape index (κ2) is 9.36. The summed E-state index contributed by atoms with van der Waals surface area (Å²) < 4.78 is 65.0. The highest BCUT2D eigenvalue weighted by atomic mass is 32.3. The van der Waals surface area contributed by atoms with Gasteiger partial charge in [-0.25, -0.2) is 14.1 Å². The van der Waals surface area contributed by atoms with Gasteiger partial charge in [-0.1, -0.05) is 12.1 Å². The Labute approximate surface area is 211 Å². The van der Waals surface area contributed by atoms with Crippen molar-refractivity contribution in [3.05, 3.63) is 72.2 Å². The van der Waals surface area contributed by atoms with Crippen LogP contribution in [0.25, 0.3) is 28.0 Å². The van der Waals surface area contributed by atoms with Crippen LogP contribution in [-0.4, -0.2) is 53.4 Å². The third kappa shape index (κ3) is 5.26. The Morgan fingerprint density at radius 3 is 2.68 bits per heavy atom. The first kappa shape index (κ1) is 25.1. The van der Waals surface area contributed by atoms with Gasteiger partial charge in [0.1, 0.15) is 17.3 Å². The van der Waals surface area contributed by atoms with E-state index >= 15 is 0 Å². The van der Waals surface area contributed by atoms with Crippen LogP contribution in [0.5, 0.6) is 5.75 Å². The average molecular weight is 533 g/mol. The standard InChI is InChI=1S/C25H23F3N4O4S/c1-25(9-10-37(34,35)14-25)30-23(33)16-5-7-19-20(12-16)32(21-8-6-17(26)13-29-21)31-22(19)15-3-2-4-18(11-15)36-24(27)28/h2-8,11-13,24,34-35H,9-10,14H2,1H3,(H,30,33). The Bertz CT molecular complexity index is 1480. The Morgan fingerprint density at radius 2 is 2.00 bits per heavy atom. The number of carbonyl (C=O) groups is 1. The molecule has 37 heavy (non-hydrogen) atoms. The van der Waals surface area contributed by atoms with Crippen LogP contribution in [0.15, 0.2) is 60.8 Å². The first-order valence-electron chi connectivity index (χ1n) is 11.3. The van der Waals surface area contributed by atoms with E-state index in [1.54, 1.807) is 37.3 Å². The van der Waals surface area contributed by atoms with Crippen molar-refractivity contribution >= 4 is 27.4 Å². The molecular formula is C25H23F3N4O4S.